The average molecular weight is 279 g/mol. The molecule has 2 rings (SSSR count). The molecule has 2 heteroatoms. The van der Waals surface area contributed by atoms with Crippen LogP contribution in [0.3, 0.4) is 0 Å². The predicted octanol–water partition coefficient (Wildman–Crippen LogP) is 5.59. The zero-order valence-corrected chi connectivity index (χ0v) is 12.5. The second kappa shape index (κ2) is 6.40. The number of rotatable bonds is 5. The number of aryl methyl sites for hydroxylation is 2. The maximum Gasteiger partial charge on any atom is 0.0927 e. The summed E-state index contributed by atoms with van der Waals surface area (Å²) >= 11 is 8.36. The first-order chi connectivity index (χ1) is 8.74. The maximum absolute atomic E-state index is 6.54. The van der Waals surface area contributed by atoms with Crippen LogP contribution in [0.2, 0.25) is 0 Å². The molecular formula is C16H19ClS. The van der Waals surface area contributed by atoms with Crippen LogP contribution in [0.15, 0.2) is 36.4 Å². The third-order valence-electron chi connectivity index (χ3n) is 3.09. The SMILES string of the molecule is CCCc1ccc(C(Cl)c2ccc(CC)s2)cc1. The Kier molecular flexibility index (Phi) is 4.85. The third-order valence-corrected chi connectivity index (χ3v) is 5.00. The van der Waals surface area contributed by atoms with Crippen molar-refractivity contribution in [3.63, 3.8) is 0 Å². The lowest BCUT2D eigenvalue weighted by molar-refractivity contribution is 0.920. The van der Waals surface area contributed by atoms with Gasteiger partial charge in [-0.05, 0) is 36.1 Å². The highest BCUT2D eigenvalue weighted by Crippen LogP contribution is 2.34. The largest absolute Gasteiger partial charge is 0.143 e. The van der Waals surface area contributed by atoms with Crippen molar-refractivity contribution in [2.24, 2.45) is 0 Å². The molecule has 0 saturated carbocycles. The standard InChI is InChI=1S/C16H19ClS/c1-3-5-12-6-8-13(9-7-12)16(17)15-11-10-14(4-2)18-15/h6-11,16H,3-5H2,1-2H3. The molecule has 1 aromatic carbocycles. The Morgan fingerprint density at radius 2 is 1.78 bits per heavy atom. The van der Waals surface area contributed by atoms with Crippen LogP contribution in [0.4, 0.5) is 0 Å². The van der Waals surface area contributed by atoms with Crippen molar-refractivity contribution in [3.05, 3.63) is 57.3 Å². The Morgan fingerprint density at radius 1 is 1.06 bits per heavy atom. The molecule has 1 aromatic heterocycles. The molecule has 0 spiro atoms. The Bertz CT molecular complexity index is 484. The molecule has 0 aliphatic carbocycles. The van der Waals surface area contributed by atoms with Gasteiger partial charge < -0.3 is 0 Å². The molecule has 0 nitrogen and oxygen atoms in total. The molecule has 0 fully saturated rings. The van der Waals surface area contributed by atoms with Gasteiger partial charge in [-0.25, -0.2) is 0 Å². The monoisotopic (exact) mass is 278 g/mol. The van der Waals surface area contributed by atoms with Gasteiger partial charge in [0.25, 0.3) is 0 Å². The molecule has 0 bridgehead atoms. The van der Waals surface area contributed by atoms with E-state index in [9.17, 15) is 0 Å². The number of hydrogen-bond acceptors (Lipinski definition) is 1. The first-order valence-corrected chi connectivity index (χ1v) is 7.81. The van der Waals surface area contributed by atoms with Crippen LogP contribution in [0.1, 0.15) is 46.5 Å². The van der Waals surface area contributed by atoms with Crippen molar-refractivity contribution in [2.45, 2.75) is 38.5 Å². The van der Waals surface area contributed by atoms with E-state index in [-0.39, 0.29) is 5.38 Å². The summed E-state index contributed by atoms with van der Waals surface area (Å²) in [5.41, 5.74) is 2.59. The van der Waals surface area contributed by atoms with Crippen molar-refractivity contribution < 1.29 is 0 Å². The molecule has 96 valence electrons. The summed E-state index contributed by atoms with van der Waals surface area (Å²) in [7, 11) is 0. The average Bonchev–Trinajstić information content (AvgIpc) is 2.88. The summed E-state index contributed by atoms with van der Waals surface area (Å²) in [5, 5.41) is -0.00836. The Morgan fingerprint density at radius 3 is 2.33 bits per heavy atom. The highest BCUT2D eigenvalue weighted by Gasteiger charge is 2.12. The van der Waals surface area contributed by atoms with E-state index in [1.54, 1.807) is 0 Å². The summed E-state index contributed by atoms with van der Waals surface area (Å²) in [6.07, 6.45) is 3.42. The summed E-state index contributed by atoms with van der Waals surface area (Å²) in [6, 6.07) is 13.1. The van der Waals surface area contributed by atoms with E-state index in [1.165, 1.54) is 27.3 Å². The van der Waals surface area contributed by atoms with E-state index in [0.29, 0.717) is 0 Å². The van der Waals surface area contributed by atoms with Crippen molar-refractivity contribution in [3.8, 4) is 0 Å². The van der Waals surface area contributed by atoms with Crippen molar-refractivity contribution in [2.75, 3.05) is 0 Å². The molecular weight excluding hydrogens is 260 g/mol. The van der Waals surface area contributed by atoms with Gasteiger partial charge >= 0.3 is 0 Å². The predicted molar refractivity (Wildman–Crippen MR) is 81.8 cm³/mol. The Hall–Kier alpha value is -0.790. The van der Waals surface area contributed by atoms with E-state index < -0.39 is 0 Å². The summed E-state index contributed by atoms with van der Waals surface area (Å²) in [4.78, 5) is 2.65. The summed E-state index contributed by atoms with van der Waals surface area (Å²) < 4.78 is 0. The Balaban J connectivity index is 2.14. The van der Waals surface area contributed by atoms with Crippen molar-refractivity contribution in [1.29, 1.82) is 0 Å². The molecule has 0 aliphatic heterocycles. The molecule has 1 heterocycles. The van der Waals surface area contributed by atoms with Gasteiger partial charge in [0.05, 0.1) is 5.38 Å². The highest BCUT2D eigenvalue weighted by atomic mass is 35.5. The fourth-order valence-electron chi connectivity index (χ4n) is 2.03. The third kappa shape index (κ3) is 3.15. The van der Waals surface area contributed by atoms with Gasteiger partial charge in [0.1, 0.15) is 0 Å². The molecule has 0 saturated heterocycles. The quantitative estimate of drug-likeness (QED) is 0.625. The zero-order chi connectivity index (χ0) is 13.0. The molecule has 2 aromatic rings. The minimum absolute atomic E-state index is 0.00836. The lowest BCUT2D eigenvalue weighted by Crippen LogP contribution is -1.91. The van der Waals surface area contributed by atoms with Gasteiger partial charge in [-0.2, -0.15) is 0 Å². The zero-order valence-electron chi connectivity index (χ0n) is 10.9. The lowest BCUT2D eigenvalue weighted by atomic mass is 10.1. The molecule has 0 aliphatic rings. The van der Waals surface area contributed by atoms with Crippen LogP contribution >= 0.6 is 22.9 Å². The van der Waals surface area contributed by atoms with Crippen LogP contribution in [0.25, 0.3) is 0 Å². The molecule has 0 amide bonds. The van der Waals surface area contributed by atoms with E-state index in [0.717, 1.165) is 12.8 Å². The number of halogens is 1. The first kappa shape index (κ1) is 13.6. The lowest BCUT2D eigenvalue weighted by Gasteiger charge is -2.08. The van der Waals surface area contributed by atoms with Crippen molar-refractivity contribution in [1.82, 2.24) is 0 Å². The van der Waals surface area contributed by atoms with Crippen LogP contribution in [0.5, 0.6) is 0 Å². The fourth-order valence-corrected chi connectivity index (χ4v) is 3.34. The molecule has 0 radical (unpaired) electrons. The minimum Gasteiger partial charge on any atom is -0.143 e. The highest BCUT2D eigenvalue weighted by molar-refractivity contribution is 7.12. The van der Waals surface area contributed by atoms with Gasteiger partial charge in [-0.15, -0.1) is 22.9 Å². The number of alkyl halides is 1. The van der Waals surface area contributed by atoms with Gasteiger partial charge in [0.2, 0.25) is 0 Å². The van der Waals surface area contributed by atoms with E-state index >= 15 is 0 Å². The van der Waals surface area contributed by atoms with Gasteiger partial charge in [0.15, 0.2) is 0 Å². The van der Waals surface area contributed by atoms with E-state index in [1.807, 2.05) is 11.3 Å². The summed E-state index contributed by atoms with van der Waals surface area (Å²) in [6.45, 7) is 4.38. The van der Waals surface area contributed by atoms with Gasteiger partial charge in [-0.3, -0.25) is 0 Å². The number of thiophene rings is 1. The number of hydrogen-bond donors (Lipinski definition) is 0. The molecule has 1 atom stereocenters. The molecule has 18 heavy (non-hydrogen) atoms. The summed E-state index contributed by atoms with van der Waals surface area (Å²) in [5.74, 6) is 0. The van der Waals surface area contributed by atoms with Crippen LogP contribution in [-0.4, -0.2) is 0 Å². The fraction of sp³-hybridized carbons (Fsp3) is 0.375. The smallest absolute Gasteiger partial charge is 0.0927 e. The van der Waals surface area contributed by atoms with Crippen LogP contribution in [0, 0.1) is 0 Å². The molecule has 0 N–H and O–H groups in total. The Labute approximate surface area is 119 Å². The topological polar surface area (TPSA) is 0 Å². The normalized spacial score (nSPS) is 12.6. The van der Waals surface area contributed by atoms with Gasteiger partial charge in [0, 0.05) is 9.75 Å². The van der Waals surface area contributed by atoms with Crippen LogP contribution < -0.4 is 0 Å². The first-order valence-electron chi connectivity index (χ1n) is 6.56. The van der Waals surface area contributed by atoms with E-state index in [4.69, 9.17) is 11.6 Å². The second-order valence-corrected chi connectivity index (χ2v) is 6.15. The van der Waals surface area contributed by atoms with Crippen molar-refractivity contribution >= 4 is 22.9 Å². The van der Waals surface area contributed by atoms with E-state index in [2.05, 4.69) is 50.2 Å². The molecule has 1 unspecified atom stereocenters. The number of benzene rings is 1. The minimum atomic E-state index is -0.00836. The second-order valence-electron chi connectivity index (χ2n) is 4.51. The van der Waals surface area contributed by atoms with Crippen LogP contribution in [-0.2, 0) is 12.8 Å². The maximum atomic E-state index is 6.54. The van der Waals surface area contributed by atoms with Gasteiger partial charge in [-0.1, -0.05) is 44.5 Å².